The van der Waals surface area contributed by atoms with Gasteiger partial charge in [0.2, 0.25) is 10.0 Å². The van der Waals surface area contributed by atoms with Gasteiger partial charge in [0, 0.05) is 25.2 Å². The van der Waals surface area contributed by atoms with Crippen LogP contribution in [0.1, 0.15) is 35.7 Å². The molecule has 1 amide bonds. The summed E-state index contributed by atoms with van der Waals surface area (Å²) in [6.07, 6.45) is -0.705. The lowest BCUT2D eigenvalue weighted by molar-refractivity contribution is 0.0387. The number of aromatic nitrogens is 1. The van der Waals surface area contributed by atoms with Crippen molar-refractivity contribution in [2.24, 2.45) is 5.92 Å². The van der Waals surface area contributed by atoms with Crippen LogP contribution in [0.3, 0.4) is 0 Å². The minimum atomic E-state index is -4.10. The van der Waals surface area contributed by atoms with E-state index >= 15 is 0 Å². The fourth-order valence-corrected chi connectivity index (χ4v) is 7.41. The summed E-state index contributed by atoms with van der Waals surface area (Å²) in [5.41, 5.74) is 0.331. The molecule has 43 heavy (non-hydrogen) atoms. The number of likely N-dealkylation sites (N-methyl/N-ethyl adjacent to an activating group) is 1. The van der Waals surface area contributed by atoms with Crippen LogP contribution < -0.4 is 14.2 Å². The average molecular weight is 637 g/mol. The van der Waals surface area contributed by atoms with Crippen molar-refractivity contribution in [3.05, 3.63) is 59.5 Å². The Kier molecular flexibility index (Phi) is 9.39. The number of rotatable bonds is 10. The molecule has 13 nitrogen and oxygen atoms in total. The van der Waals surface area contributed by atoms with Gasteiger partial charge in [-0.25, -0.2) is 16.8 Å². The first-order valence-corrected chi connectivity index (χ1v) is 16.4. The van der Waals surface area contributed by atoms with Crippen LogP contribution in [-0.4, -0.2) is 88.2 Å². The van der Waals surface area contributed by atoms with Crippen molar-refractivity contribution in [1.82, 2.24) is 14.4 Å². The van der Waals surface area contributed by atoms with Gasteiger partial charge in [-0.15, -0.1) is 0 Å². The molecule has 1 aromatic heterocycles. The van der Waals surface area contributed by atoms with Gasteiger partial charge < -0.3 is 24.0 Å². The molecule has 3 aromatic rings. The summed E-state index contributed by atoms with van der Waals surface area (Å²) in [5, 5.41) is 13.6. The largest absolute Gasteiger partial charge is 0.497 e. The molecule has 4 rings (SSSR count). The number of sulfonamides is 2. The molecule has 3 atom stereocenters. The SMILES string of the molecule is COc1ccc(S(=O)(=O)N(C)C[C@@H]2Oc3ccc(NS(=O)(=O)c4c(C)noc4C)cc3C(=O)N([C@@H](C)CO)C[C@@H]2C)cc1. The number of benzene rings is 2. The Balaban J connectivity index is 1.68. The quantitative estimate of drug-likeness (QED) is 0.337. The van der Waals surface area contributed by atoms with Gasteiger partial charge in [-0.05, 0) is 63.2 Å². The number of ether oxygens (including phenoxy) is 2. The van der Waals surface area contributed by atoms with Crippen molar-refractivity contribution >= 4 is 31.6 Å². The summed E-state index contributed by atoms with van der Waals surface area (Å²) in [5.74, 6) is -0.0422. The molecule has 0 fully saturated rings. The molecule has 0 aliphatic carbocycles. The predicted molar refractivity (Wildman–Crippen MR) is 157 cm³/mol. The second-order valence-electron chi connectivity index (χ2n) is 10.6. The minimum absolute atomic E-state index is 0.0507. The van der Waals surface area contributed by atoms with Gasteiger partial charge in [-0.3, -0.25) is 9.52 Å². The van der Waals surface area contributed by atoms with Crippen LogP contribution in [0.2, 0.25) is 0 Å². The number of aryl methyl sites for hydroxylation is 2. The second-order valence-corrected chi connectivity index (χ2v) is 14.2. The minimum Gasteiger partial charge on any atom is -0.497 e. The maximum absolute atomic E-state index is 13.7. The fraction of sp³-hybridized carbons (Fsp3) is 0.429. The summed E-state index contributed by atoms with van der Waals surface area (Å²) in [7, 11) is -5.07. The number of hydrogen-bond donors (Lipinski definition) is 2. The number of methoxy groups -OCH3 is 1. The number of aliphatic hydroxyl groups excluding tert-OH is 1. The number of aliphatic hydroxyl groups is 1. The van der Waals surface area contributed by atoms with Crippen LogP contribution in [0.25, 0.3) is 0 Å². The number of hydrogen-bond acceptors (Lipinski definition) is 10. The third kappa shape index (κ3) is 6.64. The van der Waals surface area contributed by atoms with Crippen LogP contribution >= 0.6 is 0 Å². The van der Waals surface area contributed by atoms with E-state index in [9.17, 15) is 26.7 Å². The van der Waals surface area contributed by atoms with E-state index in [0.717, 1.165) is 0 Å². The molecule has 1 aliphatic heterocycles. The van der Waals surface area contributed by atoms with E-state index in [1.54, 1.807) is 19.1 Å². The zero-order valence-electron chi connectivity index (χ0n) is 24.8. The van der Waals surface area contributed by atoms with Crippen molar-refractivity contribution < 1.29 is 40.7 Å². The van der Waals surface area contributed by atoms with Crippen LogP contribution in [0.5, 0.6) is 11.5 Å². The Hall–Kier alpha value is -3.66. The van der Waals surface area contributed by atoms with Gasteiger partial charge in [0.25, 0.3) is 15.9 Å². The molecule has 2 N–H and O–H groups in total. The molecule has 0 bridgehead atoms. The highest BCUT2D eigenvalue weighted by Gasteiger charge is 2.36. The highest BCUT2D eigenvalue weighted by Crippen LogP contribution is 2.32. The predicted octanol–water partition coefficient (Wildman–Crippen LogP) is 2.64. The number of carbonyl (C=O) groups is 1. The number of fused-ring (bicyclic) bond motifs is 1. The Morgan fingerprint density at radius 2 is 1.84 bits per heavy atom. The number of nitrogens with one attached hydrogen (secondary N) is 1. The van der Waals surface area contributed by atoms with Gasteiger partial charge in [0.1, 0.15) is 23.3 Å². The lowest BCUT2D eigenvalue weighted by Gasteiger charge is -2.38. The van der Waals surface area contributed by atoms with Crippen LogP contribution in [-0.2, 0) is 20.0 Å². The summed E-state index contributed by atoms with van der Waals surface area (Å²) in [4.78, 5) is 15.2. The Morgan fingerprint density at radius 1 is 1.16 bits per heavy atom. The van der Waals surface area contributed by atoms with Gasteiger partial charge in [0.15, 0.2) is 10.7 Å². The lowest BCUT2D eigenvalue weighted by Crippen LogP contribution is -2.50. The molecule has 2 heterocycles. The zero-order valence-corrected chi connectivity index (χ0v) is 26.4. The summed E-state index contributed by atoms with van der Waals surface area (Å²) < 4.78 is 73.0. The molecule has 0 spiro atoms. The number of nitrogens with zero attached hydrogens (tertiary/aromatic N) is 3. The normalized spacial score (nSPS) is 18.4. The first-order chi connectivity index (χ1) is 20.2. The van der Waals surface area contributed by atoms with Crippen LogP contribution in [0, 0.1) is 19.8 Å². The van der Waals surface area contributed by atoms with Crippen LogP contribution in [0.15, 0.2) is 56.8 Å². The standard InChI is InChI=1S/C28H36N4O9S2/c1-17-14-32(18(2)16-33)28(34)24-13-21(30-42(35,36)27-19(3)29-41-20(27)4)7-12-25(24)40-26(17)15-31(5)43(37,38)23-10-8-22(39-6)9-11-23/h7-13,17-18,26,30,33H,14-16H2,1-6H3/t17-,18-,26-/m0/s1. The second kappa shape index (κ2) is 12.5. The summed E-state index contributed by atoms with van der Waals surface area (Å²) >= 11 is 0. The van der Waals surface area contributed by atoms with Gasteiger partial charge in [0.05, 0.1) is 36.8 Å². The van der Waals surface area contributed by atoms with E-state index in [1.807, 2.05) is 6.92 Å². The van der Waals surface area contributed by atoms with Crippen molar-refractivity contribution in [2.45, 2.75) is 49.6 Å². The highest BCUT2D eigenvalue weighted by atomic mass is 32.2. The number of anilines is 1. The maximum atomic E-state index is 13.7. The van der Waals surface area contributed by atoms with E-state index in [0.29, 0.717) is 5.75 Å². The summed E-state index contributed by atoms with van der Waals surface area (Å²) in [6.45, 7) is 6.29. The van der Waals surface area contributed by atoms with Gasteiger partial charge >= 0.3 is 0 Å². The van der Waals surface area contributed by atoms with Crippen molar-refractivity contribution in [3.8, 4) is 11.5 Å². The van der Waals surface area contributed by atoms with E-state index in [2.05, 4.69) is 9.88 Å². The maximum Gasteiger partial charge on any atom is 0.267 e. The molecular formula is C28H36N4O9S2. The Morgan fingerprint density at radius 3 is 2.42 bits per heavy atom. The van der Waals surface area contributed by atoms with Gasteiger partial charge in [-0.2, -0.15) is 4.31 Å². The van der Waals surface area contributed by atoms with Gasteiger partial charge in [-0.1, -0.05) is 12.1 Å². The molecule has 15 heteroatoms. The topological polar surface area (TPSA) is 169 Å². The fourth-order valence-electron chi connectivity index (χ4n) is 4.85. The van der Waals surface area contributed by atoms with Crippen molar-refractivity contribution in [2.75, 3.05) is 38.6 Å². The van der Waals surface area contributed by atoms with Crippen molar-refractivity contribution in [1.29, 1.82) is 0 Å². The molecule has 234 valence electrons. The van der Waals surface area contributed by atoms with Crippen molar-refractivity contribution in [3.63, 3.8) is 0 Å². The molecular weight excluding hydrogens is 600 g/mol. The van der Waals surface area contributed by atoms with E-state index in [1.165, 1.54) is 67.5 Å². The molecule has 0 saturated carbocycles. The number of amides is 1. The average Bonchev–Trinajstić information content (AvgIpc) is 3.32. The molecule has 0 unspecified atom stereocenters. The van der Waals surface area contributed by atoms with E-state index in [4.69, 9.17) is 14.0 Å². The smallest absolute Gasteiger partial charge is 0.267 e. The van der Waals surface area contributed by atoms with E-state index in [-0.39, 0.29) is 63.9 Å². The highest BCUT2D eigenvalue weighted by molar-refractivity contribution is 7.92. The Labute approximate surface area is 251 Å². The molecule has 0 saturated heterocycles. The molecule has 0 radical (unpaired) electrons. The zero-order chi connectivity index (χ0) is 31.7. The summed E-state index contributed by atoms with van der Waals surface area (Å²) in [6, 6.07) is 9.71. The Bertz CT molecular complexity index is 1670. The third-order valence-corrected chi connectivity index (χ3v) is 10.8. The third-order valence-electron chi connectivity index (χ3n) is 7.36. The lowest BCUT2D eigenvalue weighted by atomic mass is 9.99. The molecule has 1 aliphatic rings. The monoisotopic (exact) mass is 636 g/mol. The van der Waals surface area contributed by atoms with E-state index < -0.39 is 38.1 Å². The first kappa shape index (κ1) is 32.3. The number of carbonyl (C=O) groups excluding carboxylic acids is 1. The first-order valence-electron chi connectivity index (χ1n) is 13.5. The molecule has 2 aromatic carbocycles. The van der Waals surface area contributed by atoms with Crippen LogP contribution in [0.4, 0.5) is 5.69 Å².